The maximum Gasteiger partial charge on any atom is 0.225 e. The number of piperidine rings is 1. The topological polar surface area (TPSA) is 50.3 Å². The van der Waals surface area contributed by atoms with E-state index in [4.69, 9.17) is 14.7 Å². The Labute approximate surface area is 172 Å². The maximum absolute atomic E-state index is 5.24. The van der Waals surface area contributed by atoms with E-state index in [0.29, 0.717) is 18.4 Å². The van der Waals surface area contributed by atoms with Gasteiger partial charge in [0.05, 0.1) is 12.8 Å². The standard InChI is InChI=1S/C24H28N4O/c1-18-7-6-14-28(17-18)23-15-22(20-8-4-3-5-9-20)26-24(27-23)25-16-19-10-12-21(29-2)13-11-19/h3-5,8-13,15,18H,6-7,14,16-17H2,1-2H3,(H,25,26,27). The van der Waals surface area contributed by atoms with Gasteiger partial charge in [-0.1, -0.05) is 49.4 Å². The van der Waals surface area contributed by atoms with Crippen LogP contribution < -0.4 is 15.0 Å². The average molecular weight is 389 g/mol. The number of hydrogen-bond donors (Lipinski definition) is 1. The summed E-state index contributed by atoms with van der Waals surface area (Å²) in [6, 6.07) is 20.5. The molecule has 1 N–H and O–H groups in total. The summed E-state index contributed by atoms with van der Waals surface area (Å²) in [6.07, 6.45) is 2.50. The van der Waals surface area contributed by atoms with E-state index in [1.807, 2.05) is 30.3 Å². The molecule has 5 nitrogen and oxygen atoms in total. The Morgan fingerprint density at radius 1 is 1.07 bits per heavy atom. The van der Waals surface area contributed by atoms with E-state index in [1.165, 1.54) is 12.8 Å². The van der Waals surface area contributed by atoms with Crippen molar-refractivity contribution in [3.8, 4) is 17.0 Å². The highest BCUT2D eigenvalue weighted by atomic mass is 16.5. The fourth-order valence-corrected chi connectivity index (χ4v) is 3.75. The van der Waals surface area contributed by atoms with Crippen LogP contribution in [0, 0.1) is 5.92 Å². The monoisotopic (exact) mass is 388 g/mol. The number of ether oxygens (including phenoxy) is 1. The van der Waals surface area contributed by atoms with Crippen molar-refractivity contribution in [3.05, 3.63) is 66.2 Å². The van der Waals surface area contributed by atoms with Gasteiger partial charge in [-0.15, -0.1) is 0 Å². The molecule has 2 heterocycles. The molecule has 0 saturated carbocycles. The first-order valence-electron chi connectivity index (χ1n) is 10.3. The summed E-state index contributed by atoms with van der Waals surface area (Å²) in [5.41, 5.74) is 3.22. The van der Waals surface area contributed by atoms with E-state index in [-0.39, 0.29) is 0 Å². The van der Waals surface area contributed by atoms with E-state index in [9.17, 15) is 0 Å². The fourth-order valence-electron chi connectivity index (χ4n) is 3.75. The van der Waals surface area contributed by atoms with Gasteiger partial charge in [0.15, 0.2) is 0 Å². The number of nitrogens with one attached hydrogen (secondary N) is 1. The summed E-state index contributed by atoms with van der Waals surface area (Å²) in [4.78, 5) is 12.0. The van der Waals surface area contributed by atoms with Crippen LogP contribution in [-0.4, -0.2) is 30.2 Å². The van der Waals surface area contributed by atoms with Crippen LogP contribution in [0.4, 0.5) is 11.8 Å². The molecule has 0 aliphatic carbocycles. The summed E-state index contributed by atoms with van der Waals surface area (Å²) in [6.45, 7) is 5.07. The van der Waals surface area contributed by atoms with Gasteiger partial charge in [-0.3, -0.25) is 0 Å². The van der Waals surface area contributed by atoms with Crippen LogP contribution in [0.25, 0.3) is 11.3 Å². The molecule has 1 fully saturated rings. The zero-order valence-electron chi connectivity index (χ0n) is 17.1. The molecule has 29 heavy (non-hydrogen) atoms. The van der Waals surface area contributed by atoms with Crippen LogP contribution in [0.15, 0.2) is 60.7 Å². The molecule has 150 valence electrons. The molecule has 3 aromatic rings. The van der Waals surface area contributed by atoms with Crippen molar-refractivity contribution in [2.45, 2.75) is 26.3 Å². The van der Waals surface area contributed by atoms with Gasteiger partial charge in [-0.2, -0.15) is 4.98 Å². The number of hydrogen-bond acceptors (Lipinski definition) is 5. The van der Waals surface area contributed by atoms with Gasteiger partial charge >= 0.3 is 0 Å². The Kier molecular flexibility index (Phi) is 5.94. The summed E-state index contributed by atoms with van der Waals surface area (Å²) in [7, 11) is 1.68. The normalized spacial score (nSPS) is 16.5. The molecule has 2 aromatic carbocycles. The third-order valence-corrected chi connectivity index (χ3v) is 5.37. The molecule has 0 spiro atoms. The molecule has 5 heteroatoms. The Bertz CT molecular complexity index is 927. The summed E-state index contributed by atoms with van der Waals surface area (Å²) in [5.74, 6) is 3.21. The third kappa shape index (κ3) is 4.86. The Morgan fingerprint density at radius 3 is 2.59 bits per heavy atom. The molecule has 0 bridgehead atoms. The van der Waals surface area contributed by atoms with E-state index in [1.54, 1.807) is 7.11 Å². The third-order valence-electron chi connectivity index (χ3n) is 5.37. The first kappa shape index (κ1) is 19.2. The average Bonchev–Trinajstić information content (AvgIpc) is 2.78. The first-order valence-corrected chi connectivity index (χ1v) is 10.3. The van der Waals surface area contributed by atoms with Gasteiger partial charge < -0.3 is 15.0 Å². The summed E-state index contributed by atoms with van der Waals surface area (Å²) in [5, 5.41) is 3.41. The van der Waals surface area contributed by atoms with E-state index in [2.05, 4.69) is 47.5 Å². The lowest BCUT2D eigenvalue weighted by atomic mass is 10.0. The zero-order valence-corrected chi connectivity index (χ0v) is 17.1. The molecule has 1 aliphatic rings. The molecule has 0 amide bonds. The minimum absolute atomic E-state index is 0.662. The van der Waals surface area contributed by atoms with Crippen LogP contribution in [0.1, 0.15) is 25.3 Å². The van der Waals surface area contributed by atoms with Crippen LogP contribution in [-0.2, 0) is 6.54 Å². The second kappa shape index (κ2) is 8.95. The Balaban J connectivity index is 1.60. The predicted molar refractivity (Wildman–Crippen MR) is 118 cm³/mol. The van der Waals surface area contributed by atoms with Crippen molar-refractivity contribution in [2.24, 2.45) is 5.92 Å². The number of anilines is 2. The lowest BCUT2D eigenvalue weighted by molar-refractivity contribution is 0.414. The number of benzene rings is 2. The second-order valence-corrected chi connectivity index (χ2v) is 7.70. The van der Waals surface area contributed by atoms with Crippen molar-refractivity contribution < 1.29 is 4.74 Å². The van der Waals surface area contributed by atoms with Crippen molar-refractivity contribution in [1.82, 2.24) is 9.97 Å². The van der Waals surface area contributed by atoms with Crippen LogP contribution in [0.2, 0.25) is 0 Å². The highest BCUT2D eigenvalue weighted by molar-refractivity contribution is 5.65. The minimum atomic E-state index is 0.662. The molecule has 1 aromatic heterocycles. The van der Waals surface area contributed by atoms with Crippen LogP contribution >= 0.6 is 0 Å². The van der Waals surface area contributed by atoms with Gasteiger partial charge in [0, 0.05) is 31.3 Å². The van der Waals surface area contributed by atoms with Gasteiger partial charge in [-0.25, -0.2) is 4.98 Å². The first-order chi connectivity index (χ1) is 14.2. The number of methoxy groups -OCH3 is 1. The summed E-state index contributed by atoms with van der Waals surface area (Å²) >= 11 is 0. The van der Waals surface area contributed by atoms with Crippen molar-refractivity contribution in [1.29, 1.82) is 0 Å². The molecule has 1 saturated heterocycles. The van der Waals surface area contributed by atoms with Crippen molar-refractivity contribution in [3.63, 3.8) is 0 Å². The lowest BCUT2D eigenvalue weighted by Gasteiger charge is -2.32. The molecule has 0 radical (unpaired) electrons. The number of rotatable bonds is 6. The lowest BCUT2D eigenvalue weighted by Crippen LogP contribution is -2.35. The van der Waals surface area contributed by atoms with Gasteiger partial charge in [-0.05, 0) is 36.5 Å². The van der Waals surface area contributed by atoms with Gasteiger partial charge in [0.2, 0.25) is 5.95 Å². The highest BCUT2D eigenvalue weighted by Crippen LogP contribution is 2.27. The van der Waals surface area contributed by atoms with Crippen molar-refractivity contribution in [2.75, 3.05) is 30.4 Å². The summed E-state index contributed by atoms with van der Waals surface area (Å²) < 4.78 is 5.24. The predicted octanol–water partition coefficient (Wildman–Crippen LogP) is 5.00. The SMILES string of the molecule is COc1ccc(CNc2nc(-c3ccccc3)cc(N3CCCC(C)C3)n2)cc1. The molecule has 4 rings (SSSR count). The Hall–Kier alpha value is -3.08. The quantitative estimate of drug-likeness (QED) is 0.644. The smallest absolute Gasteiger partial charge is 0.225 e. The van der Waals surface area contributed by atoms with Crippen LogP contribution in [0.3, 0.4) is 0 Å². The van der Waals surface area contributed by atoms with Gasteiger partial charge in [0.25, 0.3) is 0 Å². The van der Waals surface area contributed by atoms with E-state index in [0.717, 1.165) is 41.5 Å². The zero-order chi connectivity index (χ0) is 20.1. The number of nitrogens with zero attached hydrogens (tertiary/aromatic N) is 3. The number of aromatic nitrogens is 2. The highest BCUT2D eigenvalue weighted by Gasteiger charge is 2.19. The Morgan fingerprint density at radius 2 is 1.86 bits per heavy atom. The molecule has 1 unspecified atom stereocenters. The van der Waals surface area contributed by atoms with Crippen LogP contribution in [0.5, 0.6) is 5.75 Å². The largest absolute Gasteiger partial charge is 0.497 e. The molecule has 1 aliphatic heterocycles. The van der Waals surface area contributed by atoms with E-state index >= 15 is 0 Å². The molecular weight excluding hydrogens is 360 g/mol. The minimum Gasteiger partial charge on any atom is -0.497 e. The molecular formula is C24H28N4O. The van der Waals surface area contributed by atoms with Crippen molar-refractivity contribution >= 4 is 11.8 Å². The second-order valence-electron chi connectivity index (χ2n) is 7.70. The van der Waals surface area contributed by atoms with E-state index < -0.39 is 0 Å². The maximum atomic E-state index is 5.24. The molecule has 1 atom stereocenters. The fraction of sp³-hybridized carbons (Fsp3) is 0.333. The van der Waals surface area contributed by atoms with Gasteiger partial charge in [0.1, 0.15) is 11.6 Å².